The quantitative estimate of drug-likeness (QED) is 0.715. The number of rotatable bonds is 2. The Morgan fingerprint density at radius 2 is 1.97 bits per heavy atom. The lowest BCUT2D eigenvalue weighted by atomic mass is 10.1. The Morgan fingerprint density at radius 1 is 1.17 bits per heavy atom. The molecule has 0 saturated heterocycles. The minimum absolute atomic E-state index is 0.0860. The number of hydrogen-bond donors (Lipinski definition) is 1. The van der Waals surface area contributed by atoms with Crippen LogP contribution in [0.15, 0.2) is 30.7 Å². The van der Waals surface area contributed by atoms with Crippen LogP contribution in [0.1, 0.15) is 26.5 Å². The second kappa shape index (κ2) is 6.91. The third-order valence-electron chi connectivity index (χ3n) is 4.63. The van der Waals surface area contributed by atoms with Gasteiger partial charge in [0.25, 0.3) is 0 Å². The minimum Gasteiger partial charge on any atom is -0.493 e. The van der Waals surface area contributed by atoms with Crippen LogP contribution in [0, 0.1) is 0 Å². The van der Waals surface area contributed by atoms with E-state index in [-0.39, 0.29) is 12.0 Å². The van der Waals surface area contributed by atoms with Crippen LogP contribution in [0.25, 0.3) is 22.4 Å². The van der Waals surface area contributed by atoms with E-state index in [4.69, 9.17) is 4.74 Å². The molecule has 0 saturated carbocycles. The predicted molar refractivity (Wildman–Crippen MR) is 106 cm³/mol. The van der Waals surface area contributed by atoms with Crippen LogP contribution in [0.5, 0.6) is 5.88 Å². The lowest BCUT2D eigenvalue weighted by molar-refractivity contribution is 0.0194. The van der Waals surface area contributed by atoms with E-state index in [1.165, 1.54) is 0 Å². The zero-order chi connectivity index (χ0) is 20.8. The van der Waals surface area contributed by atoms with E-state index in [1.807, 2.05) is 50.8 Å². The Balaban J connectivity index is 1.60. The summed E-state index contributed by atoms with van der Waals surface area (Å²) in [5.74, 6) is -0.0860. The fourth-order valence-electron chi connectivity index (χ4n) is 3.25. The Bertz CT molecular complexity index is 1060. The number of nitrogens with zero attached hydrogens (tertiary/aromatic N) is 6. The SMILES string of the molecule is Cn1cc(-c2cnc(O)c(-c3cc4n(n3)CCN(C(=O)OC(C)(C)C)C4)c2)cn1. The molecule has 1 aliphatic heterocycles. The fraction of sp³-hybridized carbons (Fsp3) is 0.400. The van der Waals surface area contributed by atoms with Crippen molar-refractivity contribution >= 4 is 6.09 Å². The average Bonchev–Trinajstić information content (AvgIpc) is 3.26. The summed E-state index contributed by atoms with van der Waals surface area (Å²) in [6, 6.07) is 3.72. The molecule has 0 aliphatic carbocycles. The highest BCUT2D eigenvalue weighted by Gasteiger charge is 2.27. The first kappa shape index (κ1) is 19.0. The number of fused-ring (bicyclic) bond motifs is 1. The van der Waals surface area contributed by atoms with Gasteiger partial charge in [0.05, 0.1) is 36.2 Å². The monoisotopic (exact) mass is 396 g/mol. The molecule has 3 aromatic rings. The van der Waals surface area contributed by atoms with E-state index in [0.29, 0.717) is 30.9 Å². The lowest BCUT2D eigenvalue weighted by Gasteiger charge is -2.30. The Labute approximate surface area is 168 Å². The van der Waals surface area contributed by atoms with Crippen LogP contribution in [-0.4, -0.2) is 52.8 Å². The Kier molecular flexibility index (Phi) is 4.52. The normalized spacial score (nSPS) is 14.0. The molecule has 0 bridgehead atoms. The maximum atomic E-state index is 12.4. The summed E-state index contributed by atoms with van der Waals surface area (Å²) in [5, 5.41) is 19.1. The van der Waals surface area contributed by atoms with E-state index in [0.717, 1.165) is 16.8 Å². The molecule has 0 spiro atoms. The first-order valence-electron chi connectivity index (χ1n) is 9.43. The number of aromatic hydroxyl groups is 1. The van der Waals surface area contributed by atoms with Crippen molar-refractivity contribution in [2.24, 2.45) is 7.05 Å². The van der Waals surface area contributed by atoms with Gasteiger partial charge in [-0.25, -0.2) is 9.78 Å². The van der Waals surface area contributed by atoms with Crippen LogP contribution >= 0.6 is 0 Å². The number of carbonyl (C=O) groups excluding carboxylic acids is 1. The van der Waals surface area contributed by atoms with Crippen molar-refractivity contribution in [2.45, 2.75) is 39.5 Å². The molecule has 0 atom stereocenters. The van der Waals surface area contributed by atoms with Gasteiger partial charge in [0.15, 0.2) is 0 Å². The number of pyridine rings is 1. The van der Waals surface area contributed by atoms with Gasteiger partial charge in [-0.05, 0) is 32.9 Å². The summed E-state index contributed by atoms with van der Waals surface area (Å²) in [4.78, 5) is 18.2. The maximum absolute atomic E-state index is 12.4. The molecular formula is C20H24N6O3. The standard InChI is InChI=1S/C20H24N6O3/c1-20(2,3)29-19(28)25-5-6-26-15(12-25)8-17(23-26)16-7-13(9-21-18(16)27)14-10-22-24(4)11-14/h7-11H,5-6,12H2,1-4H3,(H,21,27). The van der Waals surface area contributed by atoms with Gasteiger partial charge in [0.2, 0.25) is 5.88 Å². The molecule has 4 rings (SSSR count). The van der Waals surface area contributed by atoms with Crippen LogP contribution in [0.2, 0.25) is 0 Å². The van der Waals surface area contributed by atoms with Crippen molar-refractivity contribution in [3.05, 3.63) is 36.4 Å². The number of aryl methyl sites for hydroxylation is 1. The molecule has 1 amide bonds. The topological polar surface area (TPSA) is 98.3 Å². The average molecular weight is 396 g/mol. The van der Waals surface area contributed by atoms with Crippen molar-refractivity contribution in [2.75, 3.05) is 6.54 Å². The van der Waals surface area contributed by atoms with Crippen molar-refractivity contribution in [3.63, 3.8) is 0 Å². The summed E-state index contributed by atoms with van der Waals surface area (Å²) in [5.41, 5.74) is 3.24. The summed E-state index contributed by atoms with van der Waals surface area (Å²) >= 11 is 0. The smallest absolute Gasteiger partial charge is 0.410 e. The zero-order valence-electron chi connectivity index (χ0n) is 17.0. The Hall–Kier alpha value is -3.36. The van der Waals surface area contributed by atoms with E-state index in [9.17, 15) is 9.90 Å². The van der Waals surface area contributed by atoms with Gasteiger partial charge in [0, 0.05) is 37.1 Å². The molecule has 29 heavy (non-hydrogen) atoms. The van der Waals surface area contributed by atoms with Crippen LogP contribution in [0.3, 0.4) is 0 Å². The second-order valence-electron chi connectivity index (χ2n) is 8.14. The largest absolute Gasteiger partial charge is 0.493 e. The van der Waals surface area contributed by atoms with Gasteiger partial charge in [-0.1, -0.05) is 0 Å². The maximum Gasteiger partial charge on any atom is 0.410 e. The first-order valence-corrected chi connectivity index (χ1v) is 9.43. The molecule has 1 aliphatic rings. The highest BCUT2D eigenvalue weighted by Crippen LogP contribution is 2.32. The molecule has 1 N–H and O–H groups in total. The van der Waals surface area contributed by atoms with Gasteiger partial charge in [0.1, 0.15) is 5.60 Å². The number of aromatic nitrogens is 5. The number of amides is 1. The fourth-order valence-corrected chi connectivity index (χ4v) is 3.25. The van der Waals surface area contributed by atoms with Crippen molar-refractivity contribution in [3.8, 4) is 28.3 Å². The predicted octanol–water partition coefficient (Wildman–Crippen LogP) is 2.80. The minimum atomic E-state index is -0.538. The molecule has 9 nitrogen and oxygen atoms in total. The molecule has 4 heterocycles. The van der Waals surface area contributed by atoms with Gasteiger partial charge in [-0.15, -0.1) is 0 Å². The van der Waals surface area contributed by atoms with Crippen LogP contribution < -0.4 is 0 Å². The summed E-state index contributed by atoms with van der Waals surface area (Å²) in [6.07, 6.45) is 4.90. The Morgan fingerprint density at radius 3 is 2.66 bits per heavy atom. The summed E-state index contributed by atoms with van der Waals surface area (Å²) in [7, 11) is 1.85. The van der Waals surface area contributed by atoms with Crippen molar-refractivity contribution in [1.29, 1.82) is 0 Å². The van der Waals surface area contributed by atoms with Gasteiger partial charge < -0.3 is 14.7 Å². The third-order valence-corrected chi connectivity index (χ3v) is 4.63. The van der Waals surface area contributed by atoms with Gasteiger partial charge >= 0.3 is 6.09 Å². The third kappa shape index (κ3) is 3.94. The number of ether oxygens (including phenoxy) is 1. The molecule has 9 heteroatoms. The van der Waals surface area contributed by atoms with Gasteiger partial charge in [-0.2, -0.15) is 10.2 Å². The van der Waals surface area contributed by atoms with Crippen molar-refractivity contribution in [1.82, 2.24) is 29.4 Å². The van der Waals surface area contributed by atoms with E-state index in [2.05, 4.69) is 15.2 Å². The molecule has 0 unspecified atom stereocenters. The number of hydrogen-bond acceptors (Lipinski definition) is 6. The number of carbonyl (C=O) groups is 1. The molecule has 0 aromatic carbocycles. The molecule has 3 aromatic heterocycles. The molecule has 0 fully saturated rings. The summed E-state index contributed by atoms with van der Waals surface area (Å²) in [6.45, 7) is 7.03. The van der Waals surface area contributed by atoms with E-state index < -0.39 is 5.60 Å². The lowest BCUT2D eigenvalue weighted by Crippen LogP contribution is -2.41. The molecule has 0 radical (unpaired) electrons. The van der Waals surface area contributed by atoms with E-state index in [1.54, 1.807) is 22.0 Å². The van der Waals surface area contributed by atoms with Crippen LogP contribution in [0.4, 0.5) is 4.79 Å². The zero-order valence-corrected chi connectivity index (χ0v) is 17.0. The first-order chi connectivity index (χ1) is 13.7. The van der Waals surface area contributed by atoms with Crippen LogP contribution in [-0.2, 0) is 24.9 Å². The van der Waals surface area contributed by atoms with Crippen molar-refractivity contribution < 1.29 is 14.6 Å². The highest BCUT2D eigenvalue weighted by molar-refractivity contribution is 5.73. The molecule has 152 valence electrons. The van der Waals surface area contributed by atoms with Gasteiger partial charge in [-0.3, -0.25) is 9.36 Å². The van der Waals surface area contributed by atoms with E-state index >= 15 is 0 Å². The highest BCUT2D eigenvalue weighted by atomic mass is 16.6. The second-order valence-corrected chi connectivity index (χ2v) is 8.14. The molecular weight excluding hydrogens is 372 g/mol. The summed E-state index contributed by atoms with van der Waals surface area (Å²) < 4.78 is 9.03.